The van der Waals surface area contributed by atoms with Gasteiger partial charge in [-0.25, -0.2) is 4.52 Å². The third kappa shape index (κ3) is 3.68. The van der Waals surface area contributed by atoms with Crippen LogP contribution in [0.2, 0.25) is 0 Å². The topological polar surface area (TPSA) is 88.6 Å². The molecule has 0 radical (unpaired) electrons. The number of fused-ring (bicyclic) bond motifs is 1. The first-order valence-corrected chi connectivity index (χ1v) is 9.20. The van der Waals surface area contributed by atoms with Gasteiger partial charge in [0.1, 0.15) is 12.1 Å². The van der Waals surface area contributed by atoms with Gasteiger partial charge in [-0.2, -0.15) is 5.10 Å². The molecule has 0 aliphatic heterocycles. The maximum absolute atomic E-state index is 13.0. The Balaban J connectivity index is 1.67. The van der Waals surface area contributed by atoms with Crippen LogP contribution in [0.25, 0.3) is 16.8 Å². The van der Waals surface area contributed by atoms with E-state index in [1.807, 2.05) is 61.5 Å². The highest BCUT2D eigenvalue weighted by molar-refractivity contribution is 5.90. The highest BCUT2D eigenvalue weighted by Gasteiger charge is 2.18. The molecule has 0 fully saturated rings. The molecular formula is C22H20N4O3. The molecule has 2 aromatic heterocycles. The van der Waals surface area contributed by atoms with Crippen molar-refractivity contribution in [3.05, 3.63) is 88.5 Å². The van der Waals surface area contributed by atoms with Crippen molar-refractivity contribution < 1.29 is 9.90 Å². The molecule has 0 unspecified atom stereocenters. The number of rotatable bonds is 5. The van der Waals surface area contributed by atoms with Gasteiger partial charge in [-0.05, 0) is 19.1 Å². The molecule has 0 saturated carbocycles. The normalized spacial score (nSPS) is 11.0. The molecule has 0 bridgehead atoms. The number of amides is 1. The van der Waals surface area contributed by atoms with Crippen molar-refractivity contribution in [1.29, 1.82) is 0 Å². The number of aromatic nitrogens is 3. The van der Waals surface area contributed by atoms with Crippen molar-refractivity contribution in [3.8, 4) is 11.3 Å². The van der Waals surface area contributed by atoms with Crippen molar-refractivity contribution in [3.63, 3.8) is 0 Å². The van der Waals surface area contributed by atoms with Gasteiger partial charge in [0.05, 0.1) is 12.3 Å². The minimum atomic E-state index is -0.384. The smallest absolute Gasteiger partial charge is 0.277 e. The quantitative estimate of drug-likeness (QED) is 0.550. The van der Waals surface area contributed by atoms with Crippen LogP contribution in [0, 0.1) is 6.92 Å². The molecule has 7 heteroatoms. The van der Waals surface area contributed by atoms with Crippen LogP contribution < -0.4 is 10.9 Å². The first-order chi connectivity index (χ1) is 14.1. The van der Waals surface area contributed by atoms with Crippen LogP contribution in [-0.4, -0.2) is 25.2 Å². The molecule has 2 heterocycles. The van der Waals surface area contributed by atoms with E-state index in [0.29, 0.717) is 16.9 Å². The molecule has 7 nitrogen and oxygen atoms in total. The number of carbonyl (C=O) groups excluding carboxylic acids is 1. The molecule has 0 saturated heterocycles. The van der Waals surface area contributed by atoms with Gasteiger partial charge in [0.2, 0.25) is 5.91 Å². The number of aliphatic hydroxyl groups excluding tert-OH is 1. The lowest BCUT2D eigenvalue weighted by Gasteiger charge is -2.08. The van der Waals surface area contributed by atoms with Crippen LogP contribution in [0.5, 0.6) is 0 Å². The van der Waals surface area contributed by atoms with Crippen LogP contribution in [0.3, 0.4) is 0 Å². The summed E-state index contributed by atoms with van der Waals surface area (Å²) in [6, 6.07) is 16.8. The monoisotopic (exact) mass is 388 g/mol. The van der Waals surface area contributed by atoms with Gasteiger partial charge in [0.15, 0.2) is 0 Å². The fourth-order valence-corrected chi connectivity index (χ4v) is 3.25. The fraction of sp³-hybridized carbons (Fsp3) is 0.136. The highest BCUT2D eigenvalue weighted by Crippen LogP contribution is 2.24. The average molecular weight is 388 g/mol. The zero-order chi connectivity index (χ0) is 20.4. The second-order valence-corrected chi connectivity index (χ2v) is 6.79. The molecule has 146 valence electrons. The minimum Gasteiger partial charge on any atom is -0.392 e. The number of carbonyl (C=O) groups is 1. The summed E-state index contributed by atoms with van der Waals surface area (Å²) < 4.78 is 2.76. The van der Waals surface area contributed by atoms with Gasteiger partial charge in [0, 0.05) is 29.2 Å². The van der Waals surface area contributed by atoms with Gasteiger partial charge < -0.3 is 15.0 Å². The van der Waals surface area contributed by atoms with Crippen molar-refractivity contribution in [1.82, 2.24) is 14.2 Å². The van der Waals surface area contributed by atoms with E-state index in [0.717, 1.165) is 11.1 Å². The lowest BCUT2D eigenvalue weighted by molar-refractivity contribution is -0.116. The Kier molecular flexibility index (Phi) is 4.97. The van der Waals surface area contributed by atoms with Crippen LogP contribution in [0.1, 0.15) is 11.1 Å². The molecule has 0 atom stereocenters. The van der Waals surface area contributed by atoms with E-state index in [4.69, 9.17) is 0 Å². The Morgan fingerprint density at radius 2 is 1.79 bits per heavy atom. The molecular weight excluding hydrogens is 368 g/mol. The molecule has 0 aliphatic carbocycles. The Hall–Kier alpha value is -3.71. The lowest BCUT2D eigenvalue weighted by Crippen LogP contribution is -2.28. The summed E-state index contributed by atoms with van der Waals surface area (Å²) in [6.07, 6.45) is 3.13. The Morgan fingerprint density at radius 1 is 1.07 bits per heavy atom. The van der Waals surface area contributed by atoms with Crippen LogP contribution in [0.15, 0.2) is 71.8 Å². The SMILES string of the molecule is Cc1ccc(NC(=O)Cn2ccn3nc(-c4ccccc4)c(CO)c3c2=O)cc1. The summed E-state index contributed by atoms with van der Waals surface area (Å²) in [5.74, 6) is -0.311. The van der Waals surface area contributed by atoms with Gasteiger partial charge in [-0.3, -0.25) is 9.59 Å². The van der Waals surface area contributed by atoms with Crippen LogP contribution >= 0.6 is 0 Å². The number of hydrogen-bond donors (Lipinski definition) is 2. The van der Waals surface area contributed by atoms with Gasteiger partial charge in [-0.1, -0.05) is 48.0 Å². The number of aliphatic hydroxyl groups is 1. The summed E-state index contributed by atoms with van der Waals surface area (Å²) in [6.45, 7) is 1.50. The second-order valence-electron chi connectivity index (χ2n) is 6.79. The molecule has 29 heavy (non-hydrogen) atoms. The van der Waals surface area contributed by atoms with Crippen LogP contribution in [0.4, 0.5) is 5.69 Å². The third-order valence-electron chi connectivity index (χ3n) is 4.71. The predicted molar refractivity (Wildman–Crippen MR) is 111 cm³/mol. The Labute approximate surface area is 166 Å². The molecule has 1 amide bonds. The number of aryl methyl sites for hydroxylation is 1. The molecule has 2 aromatic carbocycles. The van der Waals surface area contributed by atoms with E-state index >= 15 is 0 Å². The third-order valence-corrected chi connectivity index (χ3v) is 4.71. The first kappa shape index (κ1) is 18.6. The molecule has 0 spiro atoms. The zero-order valence-corrected chi connectivity index (χ0v) is 15.9. The van der Waals surface area contributed by atoms with Crippen molar-refractivity contribution >= 4 is 17.1 Å². The standard InChI is InChI=1S/C22H20N4O3/c1-15-7-9-17(10-8-15)23-19(28)13-25-11-12-26-21(22(25)29)18(14-27)20(24-26)16-5-3-2-4-6-16/h2-12,27H,13-14H2,1H3,(H,23,28). The maximum Gasteiger partial charge on any atom is 0.277 e. The van der Waals surface area contributed by atoms with Gasteiger partial charge in [-0.15, -0.1) is 0 Å². The number of nitrogens with one attached hydrogen (secondary N) is 1. The Morgan fingerprint density at radius 3 is 2.48 bits per heavy atom. The predicted octanol–water partition coefficient (Wildman–Crippen LogP) is 2.60. The number of anilines is 1. The highest BCUT2D eigenvalue weighted by atomic mass is 16.3. The number of nitrogens with zero attached hydrogens (tertiary/aromatic N) is 3. The summed E-state index contributed by atoms with van der Waals surface area (Å²) in [4.78, 5) is 25.4. The molecule has 4 rings (SSSR count). The number of benzene rings is 2. The Bertz CT molecular complexity index is 1220. The summed E-state index contributed by atoms with van der Waals surface area (Å²) in [5, 5.41) is 17.1. The van der Waals surface area contributed by atoms with E-state index < -0.39 is 0 Å². The van der Waals surface area contributed by atoms with Gasteiger partial charge in [0.25, 0.3) is 5.56 Å². The van der Waals surface area contributed by atoms with E-state index in [1.165, 1.54) is 15.3 Å². The number of hydrogen-bond acceptors (Lipinski definition) is 4. The largest absolute Gasteiger partial charge is 0.392 e. The maximum atomic E-state index is 13.0. The first-order valence-electron chi connectivity index (χ1n) is 9.20. The fourth-order valence-electron chi connectivity index (χ4n) is 3.25. The van der Waals surface area contributed by atoms with Crippen molar-refractivity contribution in [2.45, 2.75) is 20.1 Å². The molecule has 4 aromatic rings. The summed E-state index contributed by atoms with van der Waals surface area (Å²) >= 11 is 0. The van der Waals surface area contributed by atoms with Gasteiger partial charge >= 0.3 is 0 Å². The van der Waals surface area contributed by atoms with Crippen LogP contribution in [-0.2, 0) is 17.9 Å². The van der Waals surface area contributed by atoms with Crippen molar-refractivity contribution in [2.24, 2.45) is 0 Å². The van der Waals surface area contributed by atoms with E-state index in [1.54, 1.807) is 6.20 Å². The molecule has 0 aliphatic rings. The molecule has 2 N–H and O–H groups in total. The second kappa shape index (κ2) is 7.73. The van der Waals surface area contributed by atoms with E-state index in [2.05, 4.69) is 10.4 Å². The summed E-state index contributed by atoms with van der Waals surface area (Å²) in [5.41, 5.74) is 3.43. The average Bonchev–Trinajstić information content (AvgIpc) is 3.12. The van der Waals surface area contributed by atoms with E-state index in [-0.39, 0.29) is 30.1 Å². The lowest BCUT2D eigenvalue weighted by atomic mass is 10.1. The van der Waals surface area contributed by atoms with E-state index in [9.17, 15) is 14.7 Å². The van der Waals surface area contributed by atoms with Crippen molar-refractivity contribution in [2.75, 3.05) is 5.32 Å². The summed E-state index contributed by atoms with van der Waals surface area (Å²) in [7, 11) is 0. The minimum absolute atomic E-state index is 0.139. The zero-order valence-electron chi connectivity index (χ0n) is 15.9.